The van der Waals surface area contributed by atoms with Gasteiger partial charge in [0, 0.05) is 12.7 Å². The fourth-order valence-electron chi connectivity index (χ4n) is 2.33. The predicted molar refractivity (Wildman–Crippen MR) is 85.5 cm³/mol. The number of hydrogen-bond acceptors (Lipinski definition) is 4. The van der Waals surface area contributed by atoms with Crippen molar-refractivity contribution in [3.05, 3.63) is 53.9 Å². The number of nitrogens with one attached hydrogen (secondary N) is 2. The minimum atomic E-state index is -0.197. The van der Waals surface area contributed by atoms with Gasteiger partial charge in [-0.2, -0.15) is 0 Å². The number of fused-ring (bicyclic) bond motifs is 1. The number of carbonyl (C=O) groups excluding carboxylic acids is 2. The number of pyridine rings is 1. The van der Waals surface area contributed by atoms with Crippen molar-refractivity contribution in [2.75, 3.05) is 18.5 Å². The largest absolute Gasteiger partial charge is 0.491 e. The zero-order valence-corrected chi connectivity index (χ0v) is 12.5. The van der Waals surface area contributed by atoms with E-state index >= 15 is 0 Å². The highest BCUT2D eigenvalue weighted by atomic mass is 16.5. The van der Waals surface area contributed by atoms with E-state index in [1.807, 2.05) is 18.2 Å². The van der Waals surface area contributed by atoms with Gasteiger partial charge < -0.3 is 15.4 Å². The molecule has 1 aliphatic heterocycles. The lowest BCUT2D eigenvalue weighted by Gasteiger charge is -2.10. The van der Waals surface area contributed by atoms with E-state index in [9.17, 15) is 9.59 Å². The predicted octanol–water partition coefficient (Wildman–Crippen LogP) is 1.78. The molecule has 2 heterocycles. The lowest BCUT2D eigenvalue weighted by atomic mass is 10.1. The minimum absolute atomic E-state index is 0.0515. The molecule has 118 valence electrons. The average Bonchev–Trinajstić information content (AvgIpc) is 2.75. The Bertz CT molecular complexity index is 716. The summed E-state index contributed by atoms with van der Waals surface area (Å²) in [4.78, 5) is 27.5. The molecule has 3 rings (SSSR count). The molecule has 0 fully saturated rings. The topological polar surface area (TPSA) is 80.3 Å². The van der Waals surface area contributed by atoms with Gasteiger partial charge in [-0.15, -0.1) is 0 Å². The van der Waals surface area contributed by atoms with Crippen molar-refractivity contribution < 1.29 is 14.3 Å². The first-order chi connectivity index (χ1) is 11.2. The molecule has 6 heteroatoms. The molecule has 0 aliphatic carbocycles. The molecule has 2 N–H and O–H groups in total. The van der Waals surface area contributed by atoms with Gasteiger partial charge in [-0.25, -0.2) is 0 Å². The fraction of sp³-hybridized carbons (Fsp3) is 0.235. The number of ether oxygens (including phenoxy) is 1. The van der Waals surface area contributed by atoms with Gasteiger partial charge in [0.1, 0.15) is 11.4 Å². The van der Waals surface area contributed by atoms with Crippen LogP contribution >= 0.6 is 0 Å². The van der Waals surface area contributed by atoms with E-state index in [1.54, 1.807) is 24.4 Å². The van der Waals surface area contributed by atoms with Crippen LogP contribution < -0.4 is 15.4 Å². The highest BCUT2D eigenvalue weighted by Gasteiger charge is 2.14. The standard InChI is InChI=1S/C17H17N3O3/c21-16-7-10-23-15-5-4-12(11-14(15)20-16)6-9-19-17(22)13-3-1-2-8-18-13/h1-5,8,11H,6-7,9-10H2,(H,19,22)(H,20,21). The normalized spacial score (nSPS) is 13.3. The summed E-state index contributed by atoms with van der Waals surface area (Å²) in [7, 11) is 0. The Morgan fingerprint density at radius 3 is 3.04 bits per heavy atom. The number of anilines is 1. The summed E-state index contributed by atoms with van der Waals surface area (Å²) in [5, 5.41) is 5.66. The summed E-state index contributed by atoms with van der Waals surface area (Å²) in [6, 6.07) is 10.9. The molecule has 23 heavy (non-hydrogen) atoms. The second kappa shape index (κ2) is 6.91. The van der Waals surface area contributed by atoms with Crippen LogP contribution in [0, 0.1) is 0 Å². The molecule has 6 nitrogen and oxygen atoms in total. The van der Waals surface area contributed by atoms with E-state index in [1.165, 1.54) is 0 Å². The van der Waals surface area contributed by atoms with Gasteiger partial charge in [0.2, 0.25) is 5.91 Å². The van der Waals surface area contributed by atoms with Gasteiger partial charge >= 0.3 is 0 Å². The summed E-state index contributed by atoms with van der Waals surface area (Å²) in [6.07, 6.45) is 2.59. The van der Waals surface area contributed by atoms with Crippen molar-refractivity contribution in [3.8, 4) is 5.75 Å². The van der Waals surface area contributed by atoms with Crippen LogP contribution in [0.15, 0.2) is 42.6 Å². The van der Waals surface area contributed by atoms with Crippen LogP contribution in [0.1, 0.15) is 22.5 Å². The monoisotopic (exact) mass is 311 g/mol. The van der Waals surface area contributed by atoms with Crippen molar-refractivity contribution in [2.45, 2.75) is 12.8 Å². The van der Waals surface area contributed by atoms with E-state index in [2.05, 4.69) is 15.6 Å². The first-order valence-electron chi connectivity index (χ1n) is 7.47. The van der Waals surface area contributed by atoms with E-state index < -0.39 is 0 Å². The Kier molecular flexibility index (Phi) is 4.52. The molecule has 1 aliphatic rings. The first-order valence-corrected chi connectivity index (χ1v) is 7.47. The van der Waals surface area contributed by atoms with Crippen molar-refractivity contribution in [1.82, 2.24) is 10.3 Å². The van der Waals surface area contributed by atoms with Gasteiger partial charge in [-0.05, 0) is 36.2 Å². The number of nitrogens with zero attached hydrogens (tertiary/aromatic N) is 1. The molecule has 0 saturated carbocycles. The zero-order chi connectivity index (χ0) is 16.1. The van der Waals surface area contributed by atoms with Crippen LogP contribution in [0.5, 0.6) is 5.75 Å². The molecular weight excluding hydrogens is 294 g/mol. The van der Waals surface area contributed by atoms with Crippen molar-refractivity contribution in [3.63, 3.8) is 0 Å². The van der Waals surface area contributed by atoms with Gasteiger partial charge in [0.25, 0.3) is 5.91 Å². The number of aromatic nitrogens is 1. The molecule has 0 radical (unpaired) electrons. The third kappa shape index (κ3) is 3.85. The van der Waals surface area contributed by atoms with Crippen molar-refractivity contribution >= 4 is 17.5 Å². The molecule has 0 saturated heterocycles. The van der Waals surface area contributed by atoms with E-state index in [-0.39, 0.29) is 11.8 Å². The molecule has 0 atom stereocenters. The van der Waals surface area contributed by atoms with Gasteiger partial charge in [0.15, 0.2) is 0 Å². The number of rotatable bonds is 4. The summed E-state index contributed by atoms with van der Waals surface area (Å²) < 4.78 is 5.51. The molecule has 1 aromatic heterocycles. The lowest BCUT2D eigenvalue weighted by molar-refractivity contribution is -0.116. The lowest BCUT2D eigenvalue weighted by Crippen LogP contribution is -2.26. The highest BCUT2D eigenvalue weighted by molar-refractivity contribution is 5.93. The Morgan fingerprint density at radius 2 is 2.22 bits per heavy atom. The summed E-state index contributed by atoms with van der Waals surface area (Å²) in [5.41, 5.74) is 2.09. The SMILES string of the molecule is O=C1CCOc2ccc(CCNC(=O)c3ccccn3)cc2N1. The second-order valence-corrected chi connectivity index (χ2v) is 5.20. The van der Waals surface area contributed by atoms with Gasteiger partial charge in [-0.1, -0.05) is 12.1 Å². The Labute approximate surface area is 133 Å². The smallest absolute Gasteiger partial charge is 0.269 e. The van der Waals surface area contributed by atoms with Crippen LogP contribution in [0.4, 0.5) is 5.69 Å². The fourth-order valence-corrected chi connectivity index (χ4v) is 2.33. The van der Waals surface area contributed by atoms with Crippen LogP contribution in [-0.4, -0.2) is 29.9 Å². The van der Waals surface area contributed by atoms with Crippen LogP contribution in [0.3, 0.4) is 0 Å². The summed E-state index contributed by atoms with van der Waals surface area (Å²) >= 11 is 0. The van der Waals surface area contributed by atoms with Gasteiger partial charge in [-0.3, -0.25) is 14.6 Å². The highest BCUT2D eigenvalue weighted by Crippen LogP contribution is 2.28. The maximum atomic E-state index is 11.9. The number of benzene rings is 1. The zero-order valence-electron chi connectivity index (χ0n) is 12.5. The Balaban J connectivity index is 1.59. The second-order valence-electron chi connectivity index (χ2n) is 5.20. The van der Waals surface area contributed by atoms with Crippen LogP contribution in [0.25, 0.3) is 0 Å². The maximum absolute atomic E-state index is 11.9. The molecule has 1 aromatic carbocycles. The number of amides is 2. The number of hydrogen-bond donors (Lipinski definition) is 2. The quantitative estimate of drug-likeness (QED) is 0.902. The van der Waals surface area contributed by atoms with Crippen LogP contribution in [0.2, 0.25) is 0 Å². The molecule has 2 amide bonds. The van der Waals surface area contributed by atoms with Crippen molar-refractivity contribution in [2.24, 2.45) is 0 Å². The molecule has 2 aromatic rings. The molecule has 0 spiro atoms. The van der Waals surface area contributed by atoms with E-state index in [0.717, 1.165) is 5.56 Å². The average molecular weight is 311 g/mol. The van der Waals surface area contributed by atoms with E-state index in [4.69, 9.17) is 4.74 Å². The third-order valence-electron chi connectivity index (χ3n) is 3.50. The summed E-state index contributed by atoms with van der Waals surface area (Å²) in [5.74, 6) is 0.429. The van der Waals surface area contributed by atoms with Gasteiger partial charge in [0.05, 0.1) is 18.7 Å². The first kappa shape index (κ1) is 15.0. The van der Waals surface area contributed by atoms with Crippen molar-refractivity contribution in [1.29, 1.82) is 0 Å². The molecule has 0 unspecified atom stereocenters. The number of carbonyl (C=O) groups is 2. The molecular formula is C17H17N3O3. The Hall–Kier alpha value is -2.89. The maximum Gasteiger partial charge on any atom is 0.269 e. The Morgan fingerprint density at radius 1 is 1.30 bits per heavy atom. The van der Waals surface area contributed by atoms with Crippen LogP contribution in [-0.2, 0) is 11.2 Å². The summed E-state index contributed by atoms with van der Waals surface area (Å²) in [6.45, 7) is 0.876. The molecule has 0 bridgehead atoms. The minimum Gasteiger partial charge on any atom is -0.491 e. The third-order valence-corrected chi connectivity index (χ3v) is 3.50. The van der Waals surface area contributed by atoms with E-state index in [0.29, 0.717) is 43.1 Å².